The molecular weight excluding hydrogens is 222 g/mol. The van der Waals surface area contributed by atoms with Gasteiger partial charge in [-0.1, -0.05) is 25.4 Å². The lowest BCUT2D eigenvalue weighted by Crippen LogP contribution is -2.24. The Morgan fingerprint density at radius 1 is 1.44 bits per heavy atom. The molecule has 0 bridgehead atoms. The summed E-state index contributed by atoms with van der Waals surface area (Å²) in [5, 5.41) is 8.65. The molecule has 0 atom stereocenters. The molecule has 0 spiro atoms. The normalized spacial score (nSPS) is 11.4. The van der Waals surface area contributed by atoms with Gasteiger partial charge in [-0.15, -0.1) is 0 Å². The molecule has 1 aromatic rings. The zero-order chi connectivity index (χ0) is 12.1. The number of nitrogens with zero attached hydrogens (tertiary/aromatic N) is 2. The summed E-state index contributed by atoms with van der Waals surface area (Å²) in [5.74, 6) is 0. The third-order valence-corrected chi connectivity index (χ3v) is 3.09. The monoisotopic (exact) mass is 243 g/mol. The summed E-state index contributed by atoms with van der Waals surface area (Å²) in [6, 6.07) is 0.549. The molecule has 0 radical (unpaired) electrons. The van der Waals surface area contributed by atoms with Crippen molar-refractivity contribution < 1.29 is 0 Å². The lowest BCUT2D eigenvalue weighted by molar-refractivity contribution is 0.552. The van der Waals surface area contributed by atoms with Crippen molar-refractivity contribution in [2.24, 2.45) is 0 Å². The SMILES string of the molecule is CCn1nc(C)c(Cl)c1CCCNC(C)C. The van der Waals surface area contributed by atoms with Crippen LogP contribution in [0.2, 0.25) is 5.02 Å². The molecule has 4 heteroatoms. The zero-order valence-corrected chi connectivity index (χ0v) is 11.4. The molecule has 1 aromatic heterocycles. The van der Waals surface area contributed by atoms with E-state index in [-0.39, 0.29) is 0 Å². The fraction of sp³-hybridized carbons (Fsp3) is 0.750. The van der Waals surface area contributed by atoms with E-state index in [1.165, 1.54) is 5.69 Å². The maximum Gasteiger partial charge on any atom is 0.0847 e. The van der Waals surface area contributed by atoms with Gasteiger partial charge in [-0.05, 0) is 33.2 Å². The Morgan fingerprint density at radius 2 is 2.12 bits per heavy atom. The van der Waals surface area contributed by atoms with Crippen molar-refractivity contribution in [1.29, 1.82) is 0 Å². The van der Waals surface area contributed by atoms with Gasteiger partial charge in [-0.3, -0.25) is 4.68 Å². The highest BCUT2D eigenvalue weighted by Gasteiger charge is 2.11. The van der Waals surface area contributed by atoms with Gasteiger partial charge in [0.1, 0.15) is 0 Å². The van der Waals surface area contributed by atoms with Gasteiger partial charge in [-0.2, -0.15) is 5.10 Å². The van der Waals surface area contributed by atoms with Gasteiger partial charge in [0, 0.05) is 12.6 Å². The molecule has 0 saturated heterocycles. The van der Waals surface area contributed by atoms with Gasteiger partial charge in [0.15, 0.2) is 0 Å². The van der Waals surface area contributed by atoms with Crippen LogP contribution in [0.15, 0.2) is 0 Å². The summed E-state index contributed by atoms with van der Waals surface area (Å²) in [7, 11) is 0. The van der Waals surface area contributed by atoms with Crippen molar-refractivity contribution in [3.05, 3.63) is 16.4 Å². The van der Waals surface area contributed by atoms with Crippen LogP contribution in [-0.4, -0.2) is 22.4 Å². The number of nitrogens with one attached hydrogen (secondary N) is 1. The van der Waals surface area contributed by atoms with Crippen molar-refractivity contribution in [2.45, 2.75) is 53.1 Å². The number of hydrogen-bond donors (Lipinski definition) is 1. The maximum absolute atomic E-state index is 6.23. The van der Waals surface area contributed by atoms with Crippen molar-refractivity contribution in [1.82, 2.24) is 15.1 Å². The van der Waals surface area contributed by atoms with E-state index in [4.69, 9.17) is 11.6 Å². The Hall–Kier alpha value is -0.540. The number of aromatic nitrogens is 2. The number of aryl methyl sites for hydroxylation is 2. The van der Waals surface area contributed by atoms with Crippen LogP contribution >= 0.6 is 11.6 Å². The first-order valence-corrected chi connectivity index (χ1v) is 6.39. The van der Waals surface area contributed by atoms with Crippen LogP contribution in [0.25, 0.3) is 0 Å². The van der Waals surface area contributed by atoms with Gasteiger partial charge in [0.25, 0.3) is 0 Å². The average molecular weight is 244 g/mol. The predicted octanol–water partition coefficient (Wildman–Crippen LogP) is 2.80. The van der Waals surface area contributed by atoms with Crippen LogP contribution in [0.1, 0.15) is 38.6 Å². The van der Waals surface area contributed by atoms with E-state index in [9.17, 15) is 0 Å². The van der Waals surface area contributed by atoms with Gasteiger partial charge >= 0.3 is 0 Å². The molecule has 0 aliphatic heterocycles. The van der Waals surface area contributed by atoms with E-state index in [1.807, 2.05) is 11.6 Å². The molecule has 92 valence electrons. The largest absolute Gasteiger partial charge is 0.315 e. The summed E-state index contributed by atoms with van der Waals surface area (Å²) < 4.78 is 2.01. The van der Waals surface area contributed by atoms with Crippen LogP contribution in [-0.2, 0) is 13.0 Å². The molecule has 0 unspecified atom stereocenters. The topological polar surface area (TPSA) is 29.9 Å². The number of halogens is 1. The second-order valence-corrected chi connectivity index (χ2v) is 4.75. The smallest absolute Gasteiger partial charge is 0.0847 e. The van der Waals surface area contributed by atoms with E-state index in [0.717, 1.165) is 36.6 Å². The van der Waals surface area contributed by atoms with Crippen LogP contribution in [0.4, 0.5) is 0 Å². The van der Waals surface area contributed by atoms with Gasteiger partial charge in [0.05, 0.1) is 16.4 Å². The van der Waals surface area contributed by atoms with Gasteiger partial charge < -0.3 is 5.32 Å². The minimum atomic E-state index is 0.549. The quantitative estimate of drug-likeness (QED) is 0.779. The third-order valence-electron chi connectivity index (χ3n) is 2.60. The number of rotatable bonds is 6. The lowest BCUT2D eigenvalue weighted by atomic mass is 10.2. The number of hydrogen-bond acceptors (Lipinski definition) is 2. The first kappa shape index (κ1) is 13.5. The Balaban J connectivity index is 2.52. The molecule has 0 saturated carbocycles. The molecular formula is C12H22ClN3. The second kappa shape index (κ2) is 6.26. The Morgan fingerprint density at radius 3 is 2.69 bits per heavy atom. The fourth-order valence-corrected chi connectivity index (χ4v) is 1.98. The summed E-state index contributed by atoms with van der Waals surface area (Å²) in [4.78, 5) is 0. The lowest BCUT2D eigenvalue weighted by Gasteiger charge is -2.08. The van der Waals surface area contributed by atoms with Gasteiger partial charge in [0.2, 0.25) is 0 Å². The fourth-order valence-electron chi connectivity index (χ4n) is 1.75. The van der Waals surface area contributed by atoms with Crippen LogP contribution in [0, 0.1) is 6.92 Å². The van der Waals surface area contributed by atoms with Crippen molar-refractivity contribution >= 4 is 11.6 Å². The van der Waals surface area contributed by atoms with Crippen LogP contribution in [0.3, 0.4) is 0 Å². The van der Waals surface area contributed by atoms with Crippen LogP contribution in [0.5, 0.6) is 0 Å². The molecule has 0 amide bonds. The Bertz CT molecular complexity index is 331. The maximum atomic E-state index is 6.23. The highest BCUT2D eigenvalue weighted by Crippen LogP contribution is 2.21. The van der Waals surface area contributed by atoms with Crippen molar-refractivity contribution in [3.8, 4) is 0 Å². The first-order chi connectivity index (χ1) is 7.56. The van der Waals surface area contributed by atoms with E-state index in [0.29, 0.717) is 6.04 Å². The zero-order valence-electron chi connectivity index (χ0n) is 10.7. The highest BCUT2D eigenvalue weighted by molar-refractivity contribution is 6.31. The molecule has 1 N–H and O–H groups in total. The average Bonchev–Trinajstić information content (AvgIpc) is 2.50. The molecule has 1 rings (SSSR count). The van der Waals surface area contributed by atoms with E-state index < -0.39 is 0 Å². The standard InChI is InChI=1S/C12H22ClN3/c1-5-16-11(12(13)10(4)15-16)7-6-8-14-9(2)3/h9,14H,5-8H2,1-4H3. The van der Waals surface area contributed by atoms with Crippen molar-refractivity contribution in [2.75, 3.05) is 6.54 Å². The third kappa shape index (κ3) is 3.49. The van der Waals surface area contributed by atoms with E-state index >= 15 is 0 Å². The summed E-state index contributed by atoms with van der Waals surface area (Å²) >= 11 is 6.23. The minimum Gasteiger partial charge on any atom is -0.315 e. The molecule has 3 nitrogen and oxygen atoms in total. The van der Waals surface area contributed by atoms with E-state index in [1.54, 1.807) is 0 Å². The van der Waals surface area contributed by atoms with Gasteiger partial charge in [-0.25, -0.2) is 0 Å². The summed E-state index contributed by atoms with van der Waals surface area (Å²) in [6.45, 7) is 10.3. The molecule has 0 aliphatic carbocycles. The molecule has 0 aliphatic rings. The molecule has 0 fully saturated rings. The molecule has 0 aromatic carbocycles. The first-order valence-electron chi connectivity index (χ1n) is 6.01. The summed E-state index contributed by atoms with van der Waals surface area (Å²) in [6.07, 6.45) is 2.09. The summed E-state index contributed by atoms with van der Waals surface area (Å²) in [5.41, 5.74) is 2.11. The molecule has 1 heterocycles. The second-order valence-electron chi connectivity index (χ2n) is 4.37. The van der Waals surface area contributed by atoms with E-state index in [2.05, 4.69) is 31.2 Å². The highest BCUT2D eigenvalue weighted by atomic mass is 35.5. The predicted molar refractivity (Wildman–Crippen MR) is 69.1 cm³/mol. The van der Waals surface area contributed by atoms with Crippen LogP contribution < -0.4 is 5.32 Å². The Kier molecular flexibility index (Phi) is 5.29. The Labute approximate surface area is 103 Å². The van der Waals surface area contributed by atoms with Crippen molar-refractivity contribution in [3.63, 3.8) is 0 Å². The minimum absolute atomic E-state index is 0.549. The molecule has 16 heavy (non-hydrogen) atoms.